The first-order valence-corrected chi connectivity index (χ1v) is 7.77. The fourth-order valence-electron chi connectivity index (χ4n) is 2.30. The monoisotopic (exact) mass is 286 g/mol. The molecule has 1 aromatic rings. The predicted molar refractivity (Wildman–Crippen MR) is 90.9 cm³/mol. The van der Waals surface area contributed by atoms with E-state index in [4.69, 9.17) is 0 Å². The maximum atomic E-state index is 4.23. The average Bonchev–Trinajstić information content (AvgIpc) is 3.06. The Balaban J connectivity index is 1.79. The molecule has 4 heteroatoms. The third kappa shape index (κ3) is 4.81. The van der Waals surface area contributed by atoms with E-state index in [2.05, 4.69) is 63.9 Å². The Bertz CT molecular complexity index is 468. The van der Waals surface area contributed by atoms with Crippen LogP contribution in [0.3, 0.4) is 0 Å². The highest BCUT2D eigenvalue weighted by Crippen LogP contribution is 2.17. The molecule has 0 atom stereocenters. The van der Waals surface area contributed by atoms with Crippen molar-refractivity contribution in [3.05, 3.63) is 42.0 Å². The van der Waals surface area contributed by atoms with E-state index in [0.29, 0.717) is 0 Å². The summed E-state index contributed by atoms with van der Waals surface area (Å²) in [5.74, 6) is 0.872. The highest BCUT2D eigenvalue weighted by Gasteiger charge is 2.07. The van der Waals surface area contributed by atoms with Gasteiger partial charge in [-0.2, -0.15) is 0 Å². The predicted octanol–water partition coefficient (Wildman–Crippen LogP) is 2.53. The van der Waals surface area contributed by atoms with Gasteiger partial charge < -0.3 is 15.5 Å². The van der Waals surface area contributed by atoms with E-state index >= 15 is 0 Å². The average molecular weight is 286 g/mol. The molecule has 0 amide bonds. The molecule has 0 aliphatic carbocycles. The molecule has 1 heterocycles. The van der Waals surface area contributed by atoms with Gasteiger partial charge in [0.1, 0.15) is 0 Å². The van der Waals surface area contributed by atoms with Crippen molar-refractivity contribution < 1.29 is 0 Å². The molecule has 0 radical (unpaired) electrons. The molecule has 0 aromatic heterocycles. The summed E-state index contributed by atoms with van der Waals surface area (Å²) in [5, 5.41) is 6.67. The van der Waals surface area contributed by atoms with E-state index < -0.39 is 0 Å². The van der Waals surface area contributed by atoms with Crippen LogP contribution in [-0.2, 0) is 6.54 Å². The molecule has 1 aliphatic rings. The number of guanidine groups is 1. The van der Waals surface area contributed by atoms with Gasteiger partial charge in [-0.05, 0) is 24.1 Å². The zero-order valence-electron chi connectivity index (χ0n) is 13.1. The molecule has 1 aliphatic heterocycles. The van der Waals surface area contributed by atoms with Crippen molar-refractivity contribution in [1.82, 2.24) is 10.6 Å². The first-order chi connectivity index (χ1) is 10.3. The van der Waals surface area contributed by atoms with Crippen LogP contribution in [0.4, 0.5) is 5.69 Å². The van der Waals surface area contributed by atoms with Crippen LogP contribution < -0.4 is 15.5 Å². The Kier molecular flexibility index (Phi) is 6.13. The van der Waals surface area contributed by atoms with Gasteiger partial charge >= 0.3 is 0 Å². The van der Waals surface area contributed by atoms with Crippen molar-refractivity contribution in [3.63, 3.8) is 0 Å². The molecule has 2 N–H and O–H groups in total. The molecular formula is C17H26N4. The van der Waals surface area contributed by atoms with Crippen LogP contribution in [0.15, 0.2) is 41.4 Å². The van der Waals surface area contributed by atoms with Crippen molar-refractivity contribution in [1.29, 1.82) is 0 Å². The molecule has 114 valence electrons. The van der Waals surface area contributed by atoms with Gasteiger partial charge in [-0.3, -0.25) is 4.99 Å². The first kappa shape index (κ1) is 15.4. The number of rotatable bonds is 6. The van der Waals surface area contributed by atoms with Crippen LogP contribution >= 0.6 is 0 Å². The number of benzene rings is 1. The zero-order valence-corrected chi connectivity index (χ0v) is 13.1. The van der Waals surface area contributed by atoms with E-state index in [9.17, 15) is 0 Å². The maximum Gasteiger partial charge on any atom is 0.191 e. The molecular weight excluding hydrogens is 260 g/mol. The van der Waals surface area contributed by atoms with Crippen LogP contribution in [0, 0.1) is 0 Å². The minimum atomic E-state index is 0.796. The van der Waals surface area contributed by atoms with Gasteiger partial charge in [0.25, 0.3) is 0 Å². The van der Waals surface area contributed by atoms with Gasteiger partial charge in [0, 0.05) is 38.9 Å². The molecule has 2 rings (SSSR count). The minimum absolute atomic E-state index is 0.796. The lowest BCUT2D eigenvalue weighted by Gasteiger charge is -2.18. The lowest BCUT2D eigenvalue weighted by Crippen LogP contribution is -2.37. The molecule has 4 nitrogen and oxygen atoms in total. The quantitative estimate of drug-likeness (QED) is 0.365. The van der Waals surface area contributed by atoms with Crippen molar-refractivity contribution >= 4 is 11.6 Å². The molecule has 21 heavy (non-hydrogen) atoms. The van der Waals surface area contributed by atoms with Crippen molar-refractivity contribution in [2.24, 2.45) is 4.99 Å². The summed E-state index contributed by atoms with van der Waals surface area (Å²) in [6.07, 6.45) is 6.78. The Hall–Kier alpha value is -1.97. The number of hydrogen-bond donors (Lipinski definition) is 2. The second-order valence-corrected chi connectivity index (χ2v) is 5.25. The SMILES string of the molecule is CCCCNC(=NC)NCc1ccc(N2CC=CC2)cc1. The van der Waals surface area contributed by atoms with Gasteiger partial charge in [-0.25, -0.2) is 0 Å². The molecule has 0 bridgehead atoms. The van der Waals surface area contributed by atoms with Gasteiger partial charge in [0.15, 0.2) is 5.96 Å². The van der Waals surface area contributed by atoms with Crippen molar-refractivity contribution in [2.45, 2.75) is 26.3 Å². The highest BCUT2D eigenvalue weighted by atomic mass is 15.2. The van der Waals surface area contributed by atoms with Crippen molar-refractivity contribution in [3.8, 4) is 0 Å². The Morgan fingerprint density at radius 1 is 1.14 bits per heavy atom. The summed E-state index contributed by atoms with van der Waals surface area (Å²) < 4.78 is 0. The molecule has 0 fully saturated rings. The third-order valence-corrected chi connectivity index (χ3v) is 3.63. The molecule has 0 saturated carbocycles. The second kappa shape index (κ2) is 8.35. The van der Waals surface area contributed by atoms with Crippen LogP contribution in [0.2, 0.25) is 0 Å². The number of hydrogen-bond acceptors (Lipinski definition) is 2. The summed E-state index contributed by atoms with van der Waals surface area (Å²) in [5.41, 5.74) is 2.55. The highest BCUT2D eigenvalue weighted by molar-refractivity contribution is 5.79. The van der Waals surface area contributed by atoms with Crippen LogP contribution in [0.5, 0.6) is 0 Å². The van der Waals surface area contributed by atoms with Crippen LogP contribution in [-0.4, -0.2) is 32.6 Å². The van der Waals surface area contributed by atoms with Gasteiger partial charge in [-0.15, -0.1) is 0 Å². The maximum absolute atomic E-state index is 4.23. The normalized spacial score (nSPS) is 14.6. The number of anilines is 1. The first-order valence-electron chi connectivity index (χ1n) is 7.77. The fourth-order valence-corrected chi connectivity index (χ4v) is 2.30. The lowest BCUT2D eigenvalue weighted by atomic mass is 10.2. The minimum Gasteiger partial charge on any atom is -0.364 e. The summed E-state index contributed by atoms with van der Waals surface area (Å²) in [6.45, 7) is 5.99. The zero-order chi connectivity index (χ0) is 14.9. The van der Waals surface area contributed by atoms with Gasteiger partial charge in [-0.1, -0.05) is 37.6 Å². The van der Waals surface area contributed by atoms with Crippen LogP contribution in [0.1, 0.15) is 25.3 Å². The van der Waals surface area contributed by atoms with E-state index in [1.165, 1.54) is 24.1 Å². The smallest absolute Gasteiger partial charge is 0.191 e. The third-order valence-electron chi connectivity index (χ3n) is 3.63. The summed E-state index contributed by atoms with van der Waals surface area (Å²) in [7, 11) is 1.81. The summed E-state index contributed by atoms with van der Waals surface area (Å²) >= 11 is 0. The Morgan fingerprint density at radius 3 is 2.48 bits per heavy atom. The summed E-state index contributed by atoms with van der Waals surface area (Å²) in [6, 6.07) is 8.74. The van der Waals surface area contributed by atoms with E-state index in [1.807, 2.05) is 7.05 Å². The number of nitrogens with zero attached hydrogens (tertiary/aromatic N) is 2. The van der Waals surface area contributed by atoms with Crippen LogP contribution in [0.25, 0.3) is 0 Å². The Morgan fingerprint density at radius 2 is 1.86 bits per heavy atom. The Labute approximate surface area is 128 Å². The fraction of sp³-hybridized carbons (Fsp3) is 0.471. The van der Waals surface area contributed by atoms with E-state index in [-0.39, 0.29) is 0 Å². The lowest BCUT2D eigenvalue weighted by molar-refractivity contribution is 0.729. The topological polar surface area (TPSA) is 39.7 Å². The molecule has 0 saturated heterocycles. The second-order valence-electron chi connectivity index (χ2n) is 5.25. The van der Waals surface area contributed by atoms with Gasteiger partial charge in [0.05, 0.1) is 0 Å². The van der Waals surface area contributed by atoms with Gasteiger partial charge in [0.2, 0.25) is 0 Å². The molecule has 0 spiro atoms. The van der Waals surface area contributed by atoms with Crippen molar-refractivity contribution in [2.75, 3.05) is 31.6 Å². The number of nitrogens with one attached hydrogen (secondary N) is 2. The number of aliphatic imine (C=N–C) groups is 1. The summed E-state index contributed by atoms with van der Waals surface area (Å²) in [4.78, 5) is 6.58. The molecule has 1 aromatic carbocycles. The van der Waals surface area contributed by atoms with E-state index in [0.717, 1.165) is 32.1 Å². The number of unbranched alkanes of at least 4 members (excludes halogenated alkanes) is 1. The molecule has 0 unspecified atom stereocenters. The van der Waals surface area contributed by atoms with E-state index in [1.54, 1.807) is 0 Å². The standard InChI is InChI=1S/C17H26N4/c1-3-4-11-19-17(18-2)20-14-15-7-9-16(10-8-15)21-12-5-6-13-21/h5-10H,3-4,11-14H2,1-2H3,(H2,18,19,20). The largest absolute Gasteiger partial charge is 0.364 e.